The Kier molecular flexibility index (Phi) is 4.52. The van der Waals surface area contributed by atoms with Crippen LogP contribution < -0.4 is 5.32 Å². The summed E-state index contributed by atoms with van der Waals surface area (Å²) in [4.78, 5) is 10.9. The van der Waals surface area contributed by atoms with Gasteiger partial charge in [-0.3, -0.25) is 9.35 Å². The van der Waals surface area contributed by atoms with E-state index in [0.29, 0.717) is 16.5 Å². The van der Waals surface area contributed by atoms with Crippen molar-refractivity contribution in [2.45, 2.75) is 11.8 Å². The molecule has 5 nitrogen and oxygen atoms in total. The highest BCUT2D eigenvalue weighted by atomic mass is 35.5. The van der Waals surface area contributed by atoms with E-state index in [4.69, 9.17) is 4.55 Å². The molecule has 0 saturated carbocycles. The predicted octanol–water partition coefficient (Wildman–Crippen LogP) is 2.47. The van der Waals surface area contributed by atoms with Crippen molar-refractivity contribution in [1.82, 2.24) is 0 Å². The van der Waals surface area contributed by atoms with E-state index in [-0.39, 0.29) is 23.2 Å². The van der Waals surface area contributed by atoms with Gasteiger partial charge in [-0.2, -0.15) is 8.42 Å². The lowest BCUT2D eigenvalue weighted by Crippen LogP contribution is -2.07. The van der Waals surface area contributed by atoms with Crippen molar-refractivity contribution >= 4 is 44.9 Å². The van der Waals surface area contributed by atoms with E-state index in [0.717, 1.165) is 0 Å². The number of carbonyl (C=O) groups is 1. The minimum atomic E-state index is -4.29. The molecule has 0 saturated heterocycles. The maximum absolute atomic E-state index is 11.2. The zero-order valence-electron chi connectivity index (χ0n) is 9.95. The second-order valence-corrected chi connectivity index (χ2v) is 5.20. The van der Waals surface area contributed by atoms with Crippen LogP contribution >= 0.6 is 12.4 Å². The zero-order chi connectivity index (χ0) is 13.3. The summed E-state index contributed by atoms with van der Waals surface area (Å²) in [7, 11) is -4.29. The van der Waals surface area contributed by atoms with Crippen LogP contribution in [0.1, 0.15) is 6.92 Å². The Balaban J connectivity index is 0.00000180. The molecule has 2 aromatic carbocycles. The van der Waals surface area contributed by atoms with Gasteiger partial charge in [0.05, 0.1) is 0 Å². The lowest BCUT2D eigenvalue weighted by atomic mass is 10.1. The minimum absolute atomic E-state index is 0. The first-order chi connectivity index (χ1) is 8.39. The van der Waals surface area contributed by atoms with E-state index in [1.807, 2.05) is 0 Å². The number of hydrogen-bond donors (Lipinski definition) is 2. The molecule has 0 aromatic heterocycles. The van der Waals surface area contributed by atoms with Crippen LogP contribution in [0.3, 0.4) is 0 Å². The number of carbonyl (C=O) groups excluding carboxylic acids is 1. The van der Waals surface area contributed by atoms with Gasteiger partial charge in [0.1, 0.15) is 4.90 Å². The minimum Gasteiger partial charge on any atom is -0.326 e. The molecule has 2 aromatic rings. The molecule has 7 heteroatoms. The van der Waals surface area contributed by atoms with Gasteiger partial charge in [-0.05, 0) is 12.1 Å². The number of rotatable bonds is 2. The maximum atomic E-state index is 11.2. The van der Waals surface area contributed by atoms with Crippen molar-refractivity contribution in [1.29, 1.82) is 0 Å². The second kappa shape index (κ2) is 5.56. The molecule has 2 rings (SSSR count). The van der Waals surface area contributed by atoms with E-state index in [9.17, 15) is 13.2 Å². The van der Waals surface area contributed by atoms with E-state index in [2.05, 4.69) is 5.32 Å². The van der Waals surface area contributed by atoms with Crippen LogP contribution in [0.5, 0.6) is 0 Å². The first-order valence-corrected chi connectivity index (χ1v) is 6.60. The normalized spacial score (nSPS) is 10.8. The van der Waals surface area contributed by atoms with Crippen molar-refractivity contribution in [3.8, 4) is 0 Å². The number of amides is 1. The summed E-state index contributed by atoms with van der Waals surface area (Å²) in [6.45, 7) is 1.37. The summed E-state index contributed by atoms with van der Waals surface area (Å²) < 4.78 is 31.6. The number of hydrogen-bond acceptors (Lipinski definition) is 3. The Hall–Kier alpha value is -1.63. The largest absolute Gasteiger partial charge is 0.326 e. The van der Waals surface area contributed by atoms with Gasteiger partial charge in [0.25, 0.3) is 10.1 Å². The molecule has 0 aliphatic rings. The number of nitrogens with one attached hydrogen (secondary N) is 1. The van der Waals surface area contributed by atoms with Crippen molar-refractivity contribution in [3.63, 3.8) is 0 Å². The van der Waals surface area contributed by atoms with Gasteiger partial charge in [0.15, 0.2) is 0 Å². The summed E-state index contributed by atoms with van der Waals surface area (Å²) in [5.41, 5.74) is 0.505. The maximum Gasteiger partial charge on any atom is 0.295 e. The lowest BCUT2D eigenvalue weighted by molar-refractivity contribution is -0.114. The molecule has 0 aliphatic carbocycles. The smallest absolute Gasteiger partial charge is 0.295 e. The molecule has 0 spiro atoms. The van der Waals surface area contributed by atoms with Crippen molar-refractivity contribution < 1.29 is 17.8 Å². The highest BCUT2D eigenvalue weighted by Crippen LogP contribution is 2.29. The Morgan fingerprint density at radius 1 is 1.11 bits per heavy atom. The fourth-order valence-corrected chi connectivity index (χ4v) is 2.49. The monoisotopic (exact) mass is 301 g/mol. The fourth-order valence-electron chi connectivity index (χ4n) is 1.80. The van der Waals surface area contributed by atoms with Crippen LogP contribution in [0.2, 0.25) is 0 Å². The molecule has 19 heavy (non-hydrogen) atoms. The number of anilines is 1. The lowest BCUT2D eigenvalue weighted by Gasteiger charge is -2.09. The third-order valence-corrected chi connectivity index (χ3v) is 3.38. The third kappa shape index (κ3) is 3.23. The fraction of sp³-hybridized carbons (Fsp3) is 0.0833. The topological polar surface area (TPSA) is 83.5 Å². The van der Waals surface area contributed by atoms with E-state index >= 15 is 0 Å². The molecule has 0 atom stereocenters. The van der Waals surface area contributed by atoms with Gasteiger partial charge in [-0.1, -0.05) is 24.3 Å². The predicted molar refractivity (Wildman–Crippen MR) is 75.3 cm³/mol. The summed E-state index contributed by atoms with van der Waals surface area (Å²) in [6, 6.07) is 9.35. The van der Waals surface area contributed by atoms with Crippen molar-refractivity contribution in [2.75, 3.05) is 5.32 Å². The molecular weight excluding hydrogens is 290 g/mol. The standard InChI is InChI=1S/C12H11NO4S.ClH/c1-8(14)13-11-6-7-12(18(15,16)17)10-5-3-2-4-9(10)11;/h2-7H,1H3,(H,13,14)(H,15,16,17);1H. The second-order valence-electron chi connectivity index (χ2n) is 3.81. The highest BCUT2D eigenvalue weighted by Gasteiger charge is 2.15. The molecule has 102 valence electrons. The molecule has 1 amide bonds. The van der Waals surface area contributed by atoms with Crippen molar-refractivity contribution in [3.05, 3.63) is 36.4 Å². The molecule has 0 unspecified atom stereocenters. The van der Waals surface area contributed by atoms with Crippen LogP contribution in [0.25, 0.3) is 10.8 Å². The Bertz CT molecular complexity index is 728. The quantitative estimate of drug-likeness (QED) is 0.835. The van der Waals surface area contributed by atoms with Gasteiger partial charge in [-0.25, -0.2) is 0 Å². The average Bonchev–Trinajstić information content (AvgIpc) is 2.27. The van der Waals surface area contributed by atoms with Crippen LogP contribution in [0.15, 0.2) is 41.3 Å². The molecule has 0 aliphatic heterocycles. The molecule has 2 N–H and O–H groups in total. The molecule has 0 heterocycles. The third-order valence-electron chi connectivity index (χ3n) is 2.47. The van der Waals surface area contributed by atoms with Crippen molar-refractivity contribution in [2.24, 2.45) is 0 Å². The molecule has 0 bridgehead atoms. The number of fused-ring (bicyclic) bond motifs is 1. The summed E-state index contributed by atoms with van der Waals surface area (Å²) >= 11 is 0. The molecule has 0 fully saturated rings. The first kappa shape index (κ1) is 15.4. The van der Waals surface area contributed by atoms with Gasteiger partial charge >= 0.3 is 0 Å². The Morgan fingerprint density at radius 2 is 1.68 bits per heavy atom. The number of benzene rings is 2. The van der Waals surface area contributed by atoms with E-state index in [1.165, 1.54) is 19.1 Å². The zero-order valence-corrected chi connectivity index (χ0v) is 11.6. The van der Waals surface area contributed by atoms with Gasteiger partial charge in [-0.15, -0.1) is 12.4 Å². The number of halogens is 1. The Morgan fingerprint density at radius 3 is 2.21 bits per heavy atom. The van der Waals surface area contributed by atoms with Crippen LogP contribution in [0, 0.1) is 0 Å². The Labute approximate surface area is 116 Å². The van der Waals surface area contributed by atoms with Crippen LogP contribution in [0.4, 0.5) is 5.69 Å². The van der Waals surface area contributed by atoms with Crippen LogP contribution in [-0.2, 0) is 14.9 Å². The van der Waals surface area contributed by atoms with Gasteiger partial charge in [0, 0.05) is 23.4 Å². The average molecular weight is 302 g/mol. The summed E-state index contributed by atoms with van der Waals surface area (Å²) in [5.74, 6) is -0.250. The first-order valence-electron chi connectivity index (χ1n) is 5.16. The van der Waals surface area contributed by atoms with Gasteiger partial charge in [0.2, 0.25) is 5.91 Å². The van der Waals surface area contributed by atoms with Crippen LogP contribution in [-0.4, -0.2) is 18.9 Å². The van der Waals surface area contributed by atoms with E-state index < -0.39 is 10.1 Å². The molecular formula is C12H12ClNO4S. The van der Waals surface area contributed by atoms with Gasteiger partial charge < -0.3 is 5.32 Å². The summed E-state index contributed by atoms with van der Waals surface area (Å²) in [6.07, 6.45) is 0. The summed E-state index contributed by atoms with van der Waals surface area (Å²) in [5, 5.41) is 3.54. The molecule has 0 radical (unpaired) electrons. The van der Waals surface area contributed by atoms with E-state index in [1.54, 1.807) is 24.3 Å². The SMILES string of the molecule is CC(=O)Nc1ccc(S(=O)(=O)O)c2ccccc12.Cl. The highest BCUT2D eigenvalue weighted by molar-refractivity contribution is 7.86.